The smallest absolute Gasteiger partial charge is 0.243 e. The molecule has 0 atom stereocenters. The number of amides is 1. The molecule has 0 spiro atoms. The normalized spacial score (nSPS) is 11.4. The van der Waals surface area contributed by atoms with Gasteiger partial charge in [-0.15, -0.1) is 0 Å². The average molecular weight is 507 g/mol. The SMILES string of the molecule is COc1ccc(NC(=O)CN(Cc2c(F)cccc2Cl)S(=O)(=O)c2ccc(C)cc2)cc1OC. The van der Waals surface area contributed by atoms with Crippen molar-refractivity contribution >= 4 is 33.2 Å². The Balaban J connectivity index is 1.92. The van der Waals surface area contributed by atoms with Crippen LogP contribution in [0.2, 0.25) is 5.02 Å². The fraction of sp³-hybridized carbons (Fsp3) is 0.208. The first-order valence-electron chi connectivity index (χ1n) is 10.2. The zero-order valence-electron chi connectivity index (χ0n) is 18.8. The van der Waals surface area contributed by atoms with Crippen LogP contribution >= 0.6 is 11.6 Å². The number of ether oxygens (including phenoxy) is 2. The number of hydrogen-bond acceptors (Lipinski definition) is 5. The van der Waals surface area contributed by atoms with Gasteiger partial charge >= 0.3 is 0 Å². The molecule has 7 nitrogen and oxygen atoms in total. The molecule has 0 unspecified atom stereocenters. The van der Waals surface area contributed by atoms with Crippen molar-refractivity contribution in [2.75, 3.05) is 26.1 Å². The number of hydrogen-bond donors (Lipinski definition) is 1. The Bertz CT molecular complexity index is 1260. The highest BCUT2D eigenvalue weighted by molar-refractivity contribution is 7.89. The molecule has 0 aromatic heterocycles. The van der Waals surface area contributed by atoms with Gasteiger partial charge < -0.3 is 14.8 Å². The van der Waals surface area contributed by atoms with Crippen LogP contribution in [0.5, 0.6) is 11.5 Å². The van der Waals surface area contributed by atoms with E-state index in [4.69, 9.17) is 21.1 Å². The van der Waals surface area contributed by atoms with Gasteiger partial charge in [0.1, 0.15) is 5.82 Å². The third-order valence-corrected chi connectivity index (χ3v) is 7.20. The van der Waals surface area contributed by atoms with Crippen LogP contribution in [0, 0.1) is 12.7 Å². The quantitative estimate of drug-likeness (QED) is 0.457. The van der Waals surface area contributed by atoms with Gasteiger partial charge in [0.2, 0.25) is 15.9 Å². The van der Waals surface area contributed by atoms with Crippen molar-refractivity contribution in [2.45, 2.75) is 18.4 Å². The summed E-state index contributed by atoms with van der Waals surface area (Å²) in [7, 11) is -1.22. The van der Waals surface area contributed by atoms with Gasteiger partial charge in [0.25, 0.3) is 0 Å². The Morgan fingerprint density at radius 3 is 2.32 bits per heavy atom. The van der Waals surface area contributed by atoms with Crippen molar-refractivity contribution in [2.24, 2.45) is 0 Å². The molecule has 0 aliphatic heterocycles. The van der Waals surface area contributed by atoms with Gasteiger partial charge in [0, 0.05) is 28.9 Å². The largest absolute Gasteiger partial charge is 0.493 e. The van der Waals surface area contributed by atoms with E-state index in [1.54, 1.807) is 30.3 Å². The van der Waals surface area contributed by atoms with Crippen molar-refractivity contribution in [3.63, 3.8) is 0 Å². The van der Waals surface area contributed by atoms with Crippen LogP contribution in [0.25, 0.3) is 0 Å². The summed E-state index contributed by atoms with van der Waals surface area (Å²) in [5, 5.41) is 2.70. The van der Waals surface area contributed by atoms with Crippen molar-refractivity contribution in [3.8, 4) is 11.5 Å². The minimum atomic E-state index is -4.16. The molecule has 1 amide bonds. The van der Waals surface area contributed by atoms with E-state index in [0.717, 1.165) is 9.87 Å². The average Bonchev–Trinajstić information content (AvgIpc) is 2.80. The van der Waals surface area contributed by atoms with Crippen LogP contribution in [0.1, 0.15) is 11.1 Å². The summed E-state index contributed by atoms with van der Waals surface area (Å²) >= 11 is 6.13. The lowest BCUT2D eigenvalue weighted by Crippen LogP contribution is -2.38. The lowest BCUT2D eigenvalue weighted by atomic mass is 10.2. The molecule has 0 radical (unpaired) electrons. The minimum absolute atomic E-state index is 0.0236. The summed E-state index contributed by atoms with van der Waals surface area (Å²) in [5.41, 5.74) is 1.21. The van der Waals surface area contributed by atoms with Crippen molar-refractivity contribution in [3.05, 3.63) is 82.6 Å². The Morgan fingerprint density at radius 2 is 1.71 bits per heavy atom. The molecule has 34 heavy (non-hydrogen) atoms. The van der Waals surface area contributed by atoms with Crippen LogP contribution in [0.15, 0.2) is 65.6 Å². The van der Waals surface area contributed by atoms with Crippen LogP contribution in [-0.4, -0.2) is 39.4 Å². The third-order valence-electron chi connectivity index (χ3n) is 5.04. The number of sulfonamides is 1. The van der Waals surface area contributed by atoms with Gasteiger partial charge in [0.05, 0.1) is 25.7 Å². The first-order valence-corrected chi connectivity index (χ1v) is 12.0. The highest BCUT2D eigenvalue weighted by Crippen LogP contribution is 2.30. The number of nitrogens with one attached hydrogen (secondary N) is 1. The highest BCUT2D eigenvalue weighted by Gasteiger charge is 2.28. The molecule has 0 saturated carbocycles. The maximum atomic E-state index is 14.5. The summed E-state index contributed by atoms with van der Waals surface area (Å²) in [6, 6.07) is 15.0. The number of methoxy groups -OCH3 is 2. The topological polar surface area (TPSA) is 84.9 Å². The number of nitrogens with zero attached hydrogens (tertiary/aromatic N) is 1. The number of benzene rings is 3. The maximum Gasteiger partial charge on any atom is 0.243 e. The Labute approximate surface area is 203 Å². The molecule has 0 heterocycles. The van der Waals surface area contributed by atoms with E-state index < -0.39 is 34.8 Å². The molecule has 0 saturated heterocycles. The zero-order chi connectivity index (χ0) is 24.9. The van der Waals surface area contributed by atoms with Gasteiger partial charge in [-0.25, -0.2) is 12.8 Å². The van der Waals surface area contributed by atoms with Crippen LogP contribution in [0.4, 0.5) is 10.1 Å². The number of aryl methyl sites for hydroxylation is 1. The molecule has 0 bridgehead atoms. The molecule has 0 aliphatic carbocycles. The van der Waals surface area contributed by atoms with E-state index in [0.29, 0.717) is 17.2 Å². The summed E-state index contributed by atoms with van der Waals surface area (Å²) in [5.74, 6) is -0.437. The van der Waals surface area contributed by atoms with Crippen LogP contribution in [-0.2, 0) is 21.4 Å². The van der Waals surface area contributed by atoms with Crippen LogP contribution < -0.4 is 14.8 Å². The van der Waals surface area contributed by atoms with E-state index in [-0.39, 0.29) is 15.5 Å². The zero-order valence-corrected chi connectivity index (χ0v) is 20.4. The number of anilines is 1. The monoisotopic (exact) mass is 506 g/mol. The van der Waals surface area contributed by atoms with E-state index in [9.17, 15) is 17.6 Å². The van der Waals surface area contributed by atoms with Gasteiger partial charge in [-0.3, -0.25) is 4.79 Å². The first-order chi connectivity index (χ1) is 16.1. The van der Waals surface area contributed by atoms with E-state index in [1.807, 2.05) is 6.92 Å². The molecule has 180 valence electrons. The predicted molar refractivity (Wildman–Crippen MR) is 128 cm³/mol. The summed E-state index contributed by atoms with van der Waals surface area (Å²) in [4.78, 5) is 12.8. The Kier molecular flexibility index (Phi) is 8.14. The van der Waals surface area contributed by atoms with E-state index >= 15 is 0 Å². The lowest BCUT2D eigenvalue weighted by molar-refractivity contribution is -0.116. The van der Waals surface area contributed by atoms with E-state index in [1.165, 1.54) is 44.6 Å². The minimum Gasteiger partial charge on any atom is -0.493 e. The summed E-state index contributed by atoms with van der Waals surface area (Å²) < 4.78 is 52.5. The number of halogens is 2. The standard InChI is InChI=1S/C24H24ClFN2O5S/c1-16-7-10-18(11-8-16)34(30,31)28(14-19-20(25)5-4-6-21(19)26)15-24(29)27-17-9-12-22(32-2)23(13-17)33-3/h4-13H,14-15H2,1-3H3,(H,27,29). The number of carbonyl (C=O) groups excluding carboxylic acids is 1. The molecule has 3 aromatic rings. The second-order valence-electron chi connectivity index (χ2n) is 7.40. The maximum absolute atomic E-state index is 14.5. The number of rotatable bonds is 9. The molecule has 0 aliphatic rings. The molecule has 1 N–H and O–H groups in total. The van der Waals surface area contributed by atoms with Gasteiger partial charge in [-0.1, -0.05) is 35.4 Å². The molecular weight excluding hydrogens is 483 g/mol. The number of carbonyl (C=O) groups is 1. The predicted octanol–water partition coefficient (Wildman–Crippen LogP) is 4.63. The lowest BCUT2D eigenvalue weighted by Gasteiger charge is -2.23. The van der Waals surface area contributed by atoms with E-state index in [2.05, 4.69) is 5.32 Å². The van der Waals surface area contributed by atoms with Gasteiger partial charge in [-0.2, -0.15) is 4.31 Å². The summed E-state index contributed by atoms with van der Waals surface area (Å²) in [6.45, 7) is 0.820. The van der Waals surface area contributed by atoms with Crippen molar-refractivity contribution < 1.29 is 27.1 Å². The second kappa shape index (κ2) is 10.9. The third kappa shape index (κ3) is 5.85. The molecular formula is C24H24ClFN2O5S. The van der Waals surface area contributed by atoms with Gasteiger partial charge in [-0.05, 0) is 43.3 Å². The van der Waals surface area contributed by atoms with Crippen LogP contribution in [0.3, 0.4) is 0 Å². The fourth-order valence-electron chi connectivity index (χ4n) is 3.22. The second-order valence-corrected chi connectivity index (χ2v) is 9.75. The molecule has 10 heteroatoms. The molecule has 3 aromatic carbocycles. The van der Waals surface area contributed by atoms with Gasteiger partial charge in [0.15, 0.2) is 11.5 Å². The van der Waals surface area contributed by atoms with Crippen molar-refractivity contribution in [1.82, 2.24) is 4.31 Å². The first kappa shape index (κ1) is 25.5. The molecule has 3 rings (SSSR count). The highest BCUT2D eigenvalue weighted by atomic mass is 35.5. The Morgan fingerprint density at radius 1 is 1.03 bits per heavy atom. The summed E-state index contributed by atoms with van der Waals surface area (Å²) in [6.07, 6.45) is 0. The fourth-order valence-corrected chi connectivity index (χ4v) is 4.81. The molecule has 0 fully saturated rings. The Hall–Kier alpha value is -3.14. The van der Waals surface area contributed by atoms with Crippen molar-refractivity contribution in [1.29, 1.82) is 0 Å².